The molecule has 0 aliphatic heterocycles. The van der Waals surface area contributed by atoms with Gasteiger partial charge in [0.15, 0.2) is 5.78 Å². The van der Waals surface area contributed by atoms with E-state index in [1.165, 1.54) is 0 Å². The molecular formula is C14H12O2. The van der Waals surface area contributed by atoms with Crippen molar-refractivity contribution in [1.82, 2.24) is 0 Å². The molecule has 0 spiro atoms. The van der Waals surface area contributed by atoms with Crippen molar-refractivity contribution in [3.63, 3.8) is 0 Å². The lowest BCUT2D eigenvalue weighted by Crippen LogP contribution is -2.22. The fourth-order valence-electron chi connectivity index (χ4n) is 1.59. The van der Waals surface area contributed by atoms with E-state index < -0.39 is 6.10 Å². The molecular weight excluding hydrogens is 200 g/mol. The van der Waals surface area contributed by atoms with Crippen LogP contribution >= 0.6 is 0 Å². The highest BCUT2D eigenvalue weighted by atomic mass is 16.3. The zero-order valence-electron chi connectivity index (χ0n) is 8.76. The molecule has 0 radical (unpaired) electrons. The van der Waals surface area contributed by atoms with Crippen molar-refractivity contribution in [1.29, 1.82) is 0 Å². The average molecular weight is 212 g/mol. The number of allylic oxidation sites excluding steroid dienone is 2. The monoisotopic (exact) mass is 212 g/mol. The molecule has 16 heavy (non-hydrogen) atoms. The number of aliphatic hydroxyl groups excluding tert-OH is 1. The maximum absolute atomic E-state index is 11.9. The van der Waals surface area contributed by atoms with Gasteiger partial charge in [-0.25, -0.2) is 0 Å². The number of benzene rings is 1. The van der Waals surface area contributed by atoms with Crippen LogP contribution in [0, 0.1) is 0 Å². The van der Waals surface area contributed by atoms with Crippen molar-refractivity contribution in [2.75, 3.05) is 0 Å². The molecule has 1 aromatic rings. The Morgan fingerprint density at radius 1 is 1.31 bits per heavy atom. The molecule has 2 nitrogen and oxygen atoms in total. The van der Waals surface area contributed by atoms with E-state index >= 15 is 0 Å². The minimum atomic E-state index is -1.08. The highest BCUT2D eigenvalue weighted by Gasteiger charge is 2.20. The van der Waals surface area contributed by atoms with Gasteiger partial charge in [0, 0.05) is 11.1 Å². The topological polar surface area (TPSA) is 37.3 Å². The van der Waals surface area contributed by atoms with E-state index in [1.807, 2.05) is 18.2 Å². The summed E-state index contributed by atoms with van der Waals surface area (Å²) in [5.41, 5.74) is 4.05. The molecule has 1 atom stereocenters. The predicted molar refractivity (Wildman–Crippen MR) is 62.1 cm³/mol. The molecule has 2 heteroatoms. The van der Waals surface area contributed by atoms with Gasteiger partial charge in [0.25, 0.3) is 0 Å². The minimum absolute atomic E-state index is 0.271. The molecule has 1 aliphatic rings. The van der Waals surface area contributed by atoms with Crippen molar-refractivity contribution in [2.45, 2.75) is 12.5 Å². The van der Waals surface area contributed by atoms with Crippen LogP contribution in [-0.4, -0.2) is 17.0 Å². The summed E-state index contributed by atoms with van der Waals surface area (Å²) in [6.07, 6.45) is 4.95. The highest BCUT2D eigenvalue weighted by molar-refractivity contribution is 6.01. The van der Waals surface area contributed by atoms with E-state index in [1.54, 1.807) is 30.3 Å². The van der Waals surface area contributed by atoms with E-state index in [0.717, 1.165) is 0 Å². The Hall–Kier alpha value is -1.89. The lowest BCUT2D eigenvalue weighted by atomic mass is 9.97. The van der Waals surface area contributed by atoms with Crippen LogP contribution in [0.25, 0.3) is 0 Å². The lowest BCUT2D eigenvalue weighted by Gasteiger charge is -2.11. The van der Waals surface area contributed by atoms with E-state index in [4.69, 9.17) is 0 Å². The molecule has 0 saturated carbocycles. The molecule has 2 rings (SSSR count). The molecule has 80 valence electrons. The van der Waals surface area contributed by atoms with Gasteiger partial charge in [-0.05, 0) is 12.5 Å². The Morgan fingerprint density at radius 3 is 2.69 bits per heavy atom. The van der Waals surface area contributed by atoms with Gasteiger partial charge in [0.1, 0.15) is 6.10 Å². The van der Waals surface area contributed by atoms with Gasteiger partial charge in [0.05, 0.1) is 0 Å². The number of carbonyl (C=O) groups is 1. The predicted octanol–water partition coefficient (Wildman–Crippen LogP) is 2.27. The summed E-state index contributed by atoms with van der Waals surface area (Å²) in [5.74, 6) is -0.271. The van der Waals surface area contributed by atoms with Crippen LogP contribution in [-0.2, 0) is 0 Å². The molecule has 0 heterocycles. The van der Waals surface area contributed by atoms with Gasteiger partial charge in [-0.15, -0.1) is 5.73 Å². The summed E-state index contributed by atoms with van der Waals surface area (Å²) in [6.45, 7) is 0. The van der Waals surface area contributed by atoms with Crippen molar-refractivity contribution in [3.8, 4) is 0 Å². The number of hydrogen-bond acceptors (Lipinski definition) is 2. The SMILES string of the molecule is O=C(c1ccccc1)C(O)C1=C=CC=CC1. The molecule has 1 unspecified atom stereocenters. The number of rotatable bonds is 3. The van der Waals surface area contributed by atoms with E-state index in [-0.39, 0.29) is 5.78 Å². The smallest absolute Gasteiger partial charge is 0.196 e. The maximum atomic E-state index is 11.9. The largest absolute Gasteiger partial charge is 0.380 e. The van der Waals surface area contributed by atoms with Crippen LogP contribution in [0.2, 0.25) is 0 Å². The molecule has 1 aromatic carbocycles. The van der Waals surface area contributed by atoms with Gasteiger partial charge < -0.3 is 5.11 Å². The van der Waals surface area contributed by atoms with Gasteiger partial charge in [0.2, 0.25) is 0 Å². The molecule has 0 bridgehead atoms. The van der Waals surface area contributed by atoms with Crippen molar-refractivity contribution < 1.29 is 9.90 Å². The minimum Gasteiger partial charge on any atom is -0.380 e. The van der Waals surface area contributed by atoms with Crippen LogP contribution in [0.5, 0.6) is 0 Å². The molecule has 0 amide bonds. The number of ketones is 1. The van der Waals surface area contributed by atoms with Gasteiger partial charge in [-0.3, -0.25) is 4.79 Å². The standard InChI is InChI=1S/C14H12O2/c15-13(11-7-3-1-4-8-11)14(16)12-9-5-2-6-10-12/h1-8,14,16H,9H2. The van der Waals surface area contributed by atoms with Crippen molar-refractivity contribution in [2.24, 2.45) is 0 Å². The number of aliphatic hydroxyl groups is 1. The summed E-state index contributed by atoms with van der Waals surface area (Å²) in [5, 5.41) is 9.89. The molecule has 1 N–H and O–H groups in total. The van der Waals surface area contributed by atoms with Gasteiger partial charge in [-0.1, -0.05) is 42.5 Å². The van der Waals surface area contributed by atoms with E-state index in [2.05, 4.69) is 5.73 Å². The van der Waals surface area contributed by atoms with Crippen molar-refractivity contribution >= 4 is 5.78 Å². The molecule has 0 saturated heterocycles. The van der Waals surface area contributed by atoms with Crippen LogP contribution in [0.3, 0.4) is 0 Å². The maximum Gasteiger partial charge on any atom is 0.196 e. The first-order chi connectivity index (χ1) is 7.79. The third kappa shape index (κ3) is 2.19. The van der Waals surface area contributed by atoms with Crippen LogP contribution in [0.4, 0.5) is 0 Å². The second kappa shape index (κ2) is 4.75. The summed E-state index contributed by atoms with van der Waals surface area (Å²) in [7, 11) is 0. The summed E-state index contributed by atoms with van der Waals surface area (Å²) in [4.78, 5) is 11.9. The molecule has 0 aromatic heterocycles. The first-order valence-electron chi connectivity index (χ1n) is 5.17. The second-order valence-electron chi connectivity index (χ2n) is 3.60. The average Bonchev–Trinajstić information content (AvgIpc) is 2.39. The Labute approximate surface area is 94.2 Å². The zero-order valence-corrected chi connectivity index (χ0v) is 8.76. The molecule has 0 fully saturated rings. The third-order valence-electron chi connectivity index (χ3n) is 2.48. The Morgan fingerprint density at radius 2 is 2.06 bits per heavy atom. The van der Waals surface area contributed by atoms with E-state index in [0.29, 0.717) is 17.6 Å². The Balaban J connectivity index is 2.20. The first kappa shape index (κ1) is 10.6. The van der Waals surface area contributed by atoms with E-state index in [9.17, 15) is 9.90 Å². The highest BCUT2D eigenvalue weighted by Crippen LogP contribution is 2.15. The fraction of sp³-hybridized carbons (Fsp3) is 0.143. The zero-order chi connectivity index (χ0) is 11.4. The quantitative estimate of drug-likeness (QED) is 0.616. The van der Waals surface area contributed by atoms with Gasteiger partial charge in [-0.2, -0.15) is 0 Å². The number of carbonyl (C=O) groups excluding carboxylic acids is 1. The van der Waals surface area contributed by atoms with Crippen molar-refractivity contribution in [3.05, 3.63) is 65.4 Å². The van der Waals surface area contributed by atoms with Crippen LogP contribution in [0.15, 0.2) is 59.9 Å². The summed E-state index contributed by atoms with van der Waals surface area (Å²) in [6, 6.07) is 8.81. The summed E-state index contributed by atoms with van der Waals surface area (Å²) < 4.78 is 0. The van der Waals surface area contributed by atoms with Gasteiger partial charge >= 0.3 is 0 Å². The number of hydrogen-bond donors (Lipinski definition) is 1. The fourth-order valence-corrected chi connectivity index (χ4v) is 1.59. The third-order valence-corrected chi connectivity index (χ3v) is 2.48. The molecule has 1 aliphatic carbocycles. The Bertz CT molecular complexity index is 477. The summed E-state index contributed by atoms with van der Waals surface area (Å²) >= 11 is 0. The van der Waals surface area contributed by atoms with Crippen LogP contribution in [0.1, 0.15) is 16.8 Å². The lowest BCUT2D eigenvalue weighted by molar-refractivity contribution is 0.0802. The Kier molecular flexibility index (Phi) is 3.16. The normalized spacial score (nSPS) is 15.7. The van der Waals surface area contributed by atoms with Crippen LogP contribution < -0.4 is 0 Å². The first-order valence-corrected chi connectivity index (χ1v) is 5.17. The second-order valence-corrected chi connectivity index (χ2v) is 3.60. The number of Topliss-reactive ketones (excluding diaryl/α,β-unsaturated/α-hetero) is 1.